The van der Waals surface area contributed by atoms with E-state index >= 15 is 0 Å². The highest BCUT2D eigenvalue weighted by molar-refractivity contribution is 5.80. The van der Waals surface area contributed by atoms with Crippen LogP contribution in [0.25, 0.3) is 0 Å². The highest BCUT2D eigenvalue weighted by Crippen LogP contribution is 2.19. The lowest BCUT2D eigenvalue weighted by Gasteiger charge is -2.34. The minimum atomic E-state index is -0.488. The molecule has 0 aromatic carbocycles. The van der Waals surface area contributed by atoms with Crippen molar-refractivity contribution in [3.63, 3.8) is 0 Å². The molecule has 1 aromatic heterocycles. The van der Waals surface area contributed by atoms with E-state index < -0.39 is 5.41 Å². The van der Waals surface area contributed by atoms with Crippen LogP contribution in [-0.4, -0.2) is 36.6 Å². The van der Waals surface area contributed by atoms with Crippen LogP contribution in [0.5, 0.6) is 0 Å². The van der Waals surface area contributed by atoms with Gasteiger partial charge in [0.2, 0.25) is 5.91 Å². The van der Waals surface area contributed by atoms with E-state index in [9.17, 15) is 4.79 Å². The van der Waals surface area contributed by atoms with Crippen LogP contribution in [0.3, 0.4) is 0 Å². The van der Waals surface area contributed by atoms with E-state index in [-0.39, 0.29) is 5.91 Å². The summed E-state index contributed by atoms with van der Waals surface area (Å²) in [5.41, 5.74) is 4.90. The number of amides is 1. The zero-order valence-corrected chi connectivity index (χ0v) is 12.3. The molecule has 110 valence electrons. The highest BCUT2D eigenvalue weighted by atomic mass is 16.1. The average Bonchev–Trinajstić information content (AvgIpc) is 2.46. The monoisotopic (exact) mass is 276 g/mol. The van der Waals surface area contributed by atoms with Gasteiger partial charge in [-0.1, -0.05) is 6.07 Å². The molecule has 0 aliphatic carbocycles. The molecule has 0 atom stereocenters. The third-order valence-electron chi connectivity index (χ3n) is 3.97. The Balaban J connectivity index is 1.79. The molecule has 20 heavy (non-hydrogen) atoms. The molecule has 5 heteroatoms. The molecular formula is C15H24N4O. The molecule has 2 heterocycles. The Morgan fingerprint density at radius 3 is 2.70 bits per heavy atom. The molecule has 0 bridgehead atoms. The van der Waals surface area contributed by atoms with Gasteiger partial charge < -0.3 is 16.0 Å². The first-order chi connectivity index (χ1) is 9.49. The van der Waals surface area contributed by atoms with Gasteiger partial charge in [-0.2, -0.15) is 0 Å². The van der Waals surface area contributed by atoms with Gasteiger partial charge in [0.15, 0.2) is 0 Å². The standard InChI is InChI=1S/C15H24N4O/c1-15(2,14(16)20)11-18-12-6-9-19(10-7-12)13-5-3-4-8-17-13/h3-5,8,12,18H,6-7,9-11H2,1-2H3,(H2,16,20). The number of nitrogens with zero attached hydrogens (tertiary/aromatic N) is 2. The molecule has 1 aliphatic heterocycles. The Labute approximate surface area is 120 Å². The molecule has 1 amide bonds. The summed E-state index contributed by atoms with van der Waals surface area (Å²) in [6.07, 6.45) is 3.95. The quantitative estimate of drug-likeness (QED) is 0.846. The number of primary amides is 1. The topological polar surface area (TPSA) is 71.2 Å². The number of hydrogen-bond acceptors (Lipinski definition) is 4. The highest BCUT2D eigenvalue weighted by Gasteiger charge is 2.27. The smallest absolute Gasteiger partial charge is 0.224 e. The molecule has 2 rings (SSSR count). The van der Waals surface area contributed by atoms with Crippen LogP contribution in [0.1, 0.15) is 26.7 Å². The first-order valence-electron chi connectivity index (χ1n) is 7.18. The maximum atomic E-state index is 11.3. The van der Waals surface area contributed by atoms with Gasteiger partial charge in [0.25, 0.3) is 0 Å². The Hall–Kier alpha value is -1.62. The Morgan fingerprint density at radius 2 is 2.15 bits per heavy atom. The molecule has 5 nitrogen and oxygen atoms in total. The van der Waals surface area contributed by atoms with E-state index in [1.54, 1.807) is 0 Å². The van der Waals surface area contributed by atoms with Crippen LogP contribution in [0.2, 0.25) is 0 Å². The second-order valence-corrected chi connectivity index (χ2v) is 6.08. The van der Waals surface area contributed by atoms with Gasteiger partial charge in [-0.3, -0.25) is 4.79 Å². The van der Waals surface area contributed by atoms with Crippen LogP contribution < -0.4 is 16.0 Å². The Morgan fingerprint density at radius 1 is 1.45 bits per heavy atom. The van der Waals surface area contributed by atoms with Gasteiger partial charge >= 0.3 is 0 Å². The lowest BCUT2D eigenvalue weighted by Crippen LogP contribution is -2.48. The number of pyridine rings is 1. The number of nitrogens with one attached hydrogen (secondary N) is 1. The summed E-state index contributed by atoms with van der Waals surface area (Å²) in [5, 5.41) is 3.47. The lowest BCUT2D eigenvalue weighted by atomic mass is 9.91. The minimum Gasteiger partial charge on any atom is -0.369 e. The summed E-state index contributed by atoms with van der Waals surface area (Å²) >= 11 is 0. The summed E-state index contributed by atoms with van der Waals surface area (Å²) < 4.78 is 0. The third-order valence-corrected chi connectivity index (χ3v) is 3.97. The van der Waals surface area contributed by atoms with Crippen molar-refractivity contribution < 1.29 is 4.79 Å². The van der Waals surface area contributed by atoms with Crippen molar-refractivity contribution in [2.75, 3.05) is 24.5 Å². The van der Waals surface area contributed by atoms with E-state index in [2.05, 4.69) is 15.2 Å². The van der Waals surface area contributed by atoms with E-state index in [0.717, 1.165) is 31.7 Å². The minimum absolute atomic E-state index is 0.254. The molecule has 1 aromatic rings. The zero-order chi connectivity index (χ0) is 14.6. The van der Waals surface area contributed by atoms with Crippen LogP contribution >= 0.6 is 0 Å². The van der Waals surface area contributed by atoms with Crippen LogP contribution in [0, 0.1) is 5.41 Å². The first kappa shape index (κ1) is 14.8. The SMILES string of the molecule is CC(C)(CNC1CCN(c2ccccn2)CC1)C(N)=O. The van der Waals surface area contributed by atoms with E-state index in [4.69, 9.17) is 5.73 Å². The number of aromatic nitrogens is 1. The summed E-state index contributed by atoms with van der Waals surface area (Å²) in [6, 6.07) is 6.45. The van der Waals surface area contributed by atoms with Crippen LogP contribution in [0.4, 0.5) is 5.82 Å². The fraction of sp³-hybridized carbons (Fsp3) is 0.600. The molecule has 3 N–H and O–H groups in total. The van der Waals surface area contributed by atoms with E-state index in [1.807, 2.05) is 38.2 Å². The Kier molecular flexibility index (Phi) is 4.60. The first-order valence-corrected chi connectivity index (χ1v) is 7.18. The second kappa shape index (κ2) is 6.22. The number of anilines is 1. The predicted octanol–water partition coefficient (Wildman–Crippen LogP) is 1.15. The van der Waals surface area contributed by atoms with Crippen molar-refractivity contribution >= 4 is 11.7 Å². The van der Waals surface area contributed by atoms with Crippen LogP contribution in [-0.2, 0) is 4.79 Å². The number of nitrogens with two attached hydrogens (primary N) is 1. The van der Waals surface area contributed by atoms with Gasteiger partial charge in [-0.15, -0.1) is 0 Å². The lowest BCUT2D eigenvalue weighted by molar-refractivity contribution is -0.125. The molecule has 1 aliphatic rings. The van der Waals surface area contributed by atoms with Crippen molar-refractivity contribution in [2.45, 2.75) is 32.7 Å². The number of hydrogen-bond donors (Lipinski definition) is 2. The second-order valence-electron chi connectivity index (χ2n) is 6.08. The number of carbonyl (C=O) groups is 1. The van der Waals surface area contributed by atoms with Gasteiger partial charge in [0, 0.05) is 31.9 Å². The fourth-order valence-corrected chi connectivity index (χ4v) is 2.34. The van der Waals surface area contributed by atoms with Crippen molar-refractivity contribution in [1.82, 2.24) is 10.3 Å². The molecule has 0 unspecified atom stereocenters. The van der Waals surface area contributed by atoms with Gasteiger partial charge in [0.1, 0.15) is 5.82 Å². The molecule has 1 saturated heterocycles. The molecule has 0 saturated carbocycles. The fourth-order valence-electron chi connectivity index (χ4n) is 2.34. The zero-order valence-electron chi connectivity index (χ0n) is 12.3. The third kappa shape index (κ3) is 3.70. The van der Waals surface area contributed by atoms with Gasteiger partial charge in [-0.05, 0) is 38.8 Å². The molecular weight excluding hydrogens is 252 g/mol. The molecule has 0 spiro atoms. The molecule has 1 fully saturated rings. The largest absolute Gasteiger partial charge is 0.369 e. The van der Waals surface area contributed by atoms with Crippen molar-refractivity contribution in [3.8, 4) is 0 Å². The van der Waals surface area contributed by atoms with Gasteiger partial charge in [-0.25, -0.2) is 4.98 Å². The van der Waals surface area contributed by atoms with Crippen LogP contribution in [0.15, 0.2) is 24.4 Å². The maximum absolute atomic E-state index is 11.3. The molecule has 0 radical (unpaired) electrons. The summed E-state index contributed by atoms with van der Waals surface area (Å²) in [7, 11) is 0. The van der Waals surface area contributed by atoms with Crippen molar-refractivity contribution in [3.05, 3.63) is 24.4 Å². The number of rotatable bonds is 5. The summed E-state index contributed by atoms with van der Waals surface area (Å²) in [4.78, 5) is 18.0. The normalized spacial score (nSPS) is 17.2. The summed E-state index contributed by atoms with van der Waals surface area (Å²) in [5.74, 6) is 0.791. The number of piperidine rings is 1. The van der Waals surface area contributed by atoms with Gasteiger partial charge in [0.05, 0.1) is 5.41 Å². The van der Waals surface area contributed by atoms with E-state index in [1.165, 1.54) is 0 Å². The number of carbonyl (C=O) groups excluding carboxylic acids is 1. The van der Waals surface area contributed by atoms with E-state index in [0.29, 0.717) is 12.6 Å². The van der Waals surface area contributed by atoms with Crippen molar-refractivity contribution in [2.24, 2.45) is 11.1 Å². The Bertz CT molecular complexity index is 438. The maximum Gasteiger partial charge on any atom is 0.224 e. The van der Waals surface area contributed by atoms with Crippen molar-refractivity contribution in [1.29, 1.82) is 0 Å². The average molecular weight is 276 g/mol. The predicted molar refractivity (Wildman–Crippen MR) is 80.5 cm³/mol. The summed E-state index contributed by atoms with van der Waals surface area (Å²) in [6.45, 7) is 6.38.